The highest BCUT2D eigenvalue weighted by molar-refractivity contribution is 5.91. The fraction of sp³-hybridized carbons (Fsp3) is 0.250. The third kappa shape index (κ3) is 6.78. The number of ether oxygens (including phenoxy) is 3. The maximum absolute atomic E-state index is 12.3. The normalized spacial score (nSPS) is 12.3. The van der Waals surface area contributed by atoms with Crippen molar-refractivity contribution >= 4 is 23.8 Å². The van der Waals surface area contributed by atoms with Gasteiger partial charge in [-0.3, -0.25) is 4.99 Å². The van der Waals surface area contributed by atoms with E-state index in [0.717, 1.165) is 5.56 Å². The van der Waals surface area contributed by atoms with Crippen LogP contribution in [0.2, 0.25) is 0 Å². The molecule has 0 aliphatic carbocycles. The van der Waals surface area contributed by atoms with Gasteiger partial charge in [-0.05, 0) is 90.7 Å². The smallest absolute Gasteiger partial charge is 0.343 e. The molecule has 0 bridgehead atoms. The van der Waals surface area contributed by atoms with Gasteiger partial charge in [-0.25, -0.2) is 9.59 Å². The van der Waals surface area contributed by atoms with Gasteiger partial charge >= 0.3 is 11.9 Å². The number of carbonyl (C=O) groups excluding carboxylic acids is 2. The Kier molecular flexibility index (Phi) is 7.84. The lowest BCUT2D eigenvalue weighted by Crippen LogP contribution is -2.28. The number of rotatable bonds is 7. The zero-order chi connectivity index (χ0) is 24.7. The van der Waals surface area contributed by atoms with Crippen molar-refractivity contribution in [1.29, 1.82) is 0 Å². The molecular formula is C28H29NO5. The Balaban J connectivity index is 1.57. The summed E-state index contributed by atoms with van der Waals surface area (Å²) in [5.41, 5.74) is 2.34. The third-order valence-electron chi connectivity index (χ3n) is 5.39. The van der Waals surface area contributed by atoms with Crippen LogP contribution < -0.4 is 9.47 Å². The summed E-state index contributed by atoms with van der Waals surface area (Å²) in [7, 11) is 1.57. The minimum atomic E-state index is -0.445. The molecule has 0 spiro atoms. The summed E-state index contributed by atoms with van der Waals surface area (Å²) in [6.07, 6.45) is 1.50. The molecule has 34 heavy (non-hydrogen) atoms. The van der Waals surface area contributed by atoms with Crippen LogP contribution in [0.15, 0.2) is 77.8 Å². The Morgan fingerprint density at radius 2 is 1.32 bits per heavy atom. The van der Waals surface area contributed by atoms with Crippen LogP contribution in [0.5, 0.6) is 11.5 Å². The largest absolute Gasteiger partial charge is 0.497 e. The standard InChI is InChI=1S/C28H29NO5/c1-19(28(2,3)4)33-26(30)21-8-12-23(13-9-21)29-18-20-6-14-25(15-7-20)34-27(31)22-10-16-24(32-5)17-11-22/h6-19H,1-5H3. The maximum Gasteiger partial charge on any atom is 0.343 e. The van der Waals surface area contributed by atoms with E-state index in [4.69, 9.17) is 14.2 Å². The van der Waals surface area contributed by atoms with E-state index >= 15 is 0 Å². The summed E-state index contributed by atoms with van der Waals surface area (Å²) in [4.78, 5) is 29.0. The quantitative estimate of drug-likeness (QED) is 0.237. The van der Waals surface area contributed by atoms with Gasteiger partial charge in [0.2, 0.25) is 0 Å². The Hall–Kier alpha value is -3.93. The molecule has 0 aromatic heterocycles. The summed E-state index contributed by atoms with van der Waals surface area (Å²) >= 11 is 0. The molecule has 6 heteroatoms. The highest BCUT2D eigenvalue weighted by atomic mass is 16.5. The van der Waals surface area contributed by atoms with E-state index in [9.17, 15) is 9.59 Å². The van der Waals surface area contributed by atoms with Gasteiger partial charge in [-0.15, -0.1) is 0 Å². The monoisotopic (exact) mass is 459 g/mol. The molecule has 1 unspecified atom stereocenters. The predicted octanol–water partition coefficient (Wildman–Crippen LogP) is 6.26. The lowest BCUT2D eigenvalue weighted by Gasteiger charge is -2.26. The van der Waals surface area contributed by atoms with E-state index in [2.05, 4.69) is 4.99 Å². The van der Waals surface area contributed by atoms with Gasteiger partial charge in [0.05, 0.1) is 23.9 Å². The maximum atomic E-state index is 12.3. The van der Waals surface area contributed by atoms with Crippen LogP contribution in [0.3, 0.4) is 0 Å². The lowest BCUT2D eigenvalue weighted by molar-refractivity contribution is 0.00479. The Morgan fingerprint density at radius 3 is 1.88 bits per heavy atom. The molecule has 0 amide bonds. The second-order valence-corrected chi connectivity index (χ2v) is 8.91. The zero-order valence-corrected chi connectivity index (χ0v) is 20.1. The second kappa shape index (κ2) is 10.8. The van der Waals surface area contributed by atoms with Crippen LogP contribution in [0.25, 0.3) is 0 Å². The molecule has 3 aromatic carbocycles. The average Bonchev–Trinajstić information content (AvgIpc) is 2.83. The summed E-state index contributed by atoms with van der Waals surface area (Å²) in [5.74, 6) is 0.313. The summed E-state index contributed by atoms with van der Waals surface area (Å²) < 4.78 is 16.0. The molecule has 0 fully saturated rings. The fourth-order valence-electron chi connectivity index (χ4n) is 2.75. The highest BCUT2D eigenvalue weighted by Crippen LogP contribution is 2.23. The number of carbonyl (C=O) groups is 2. The molecule has 0 aliphatic rings. The number of nitrogens with zero attached hydrogens (tertiary/aromatic N) is 1. The van der Waals surface area contributed by atoms with Crippen molar-refractivity contribution in [3.63, 3.8) is 0 Å². The summed E-state index contributed by atoms with van der Waals surface area (Å²) in [5, 5.41) is 0. The molecule has 0 radical (unpaired) electrons. The molecular weight excluding hydrogens is 430 g/mol. The van der Waals surface area contributed by atoms with Gasteiger partial charge < -0.3 is 14.2 Å². The zero-order valence-electron chi connectivity index (χ0n) is 20.1. The molecule has 3 rings (SSSR count). The lowest BCUT2D eigenvalue weighted by atomic mass is 9.90. The Labute approximate surface area is 200 Å². The van der Waals surface area contributed by atoms with Crippen molar-refractivity contribution in [3.8, 4) is 11.5 Å². The molecule has 0 aliphatic heterocycles. The first-order valence-corrected chi connectivity index (χ1v) is 11.0. The van der Waals surface area contributed by atoms with Gasteiger partial charge in [0.15, 0.2) is 0 Å². The van der Waals surface area contributed by atoms with Crippen molar-refractivity contribution in [2.24, 2.45) is 10.4 Å². The van der Waals surface area contributed by atoms with E-state index in [1.165, 1.54) is 0 Å². The molecule has 0 saturated carbocycles. The van der Waals surface area contributed by atoms with E-state index in [1.807, 2.05) is 27.7 Å². The molecule has 1 atom stereocenters. The van der Waals surface area contributed by atoms with Gasteiger partial charge in [0, 0.05) is 6.21 Å². The number of hydrogen-bond donors (Lipinski definition) is 0. The van der Waals surface area contributed by atoms with Crippen molar-refractivity contribution in [3.05, 3.63) is 89.5 Å². The fourth-order valence-corrected chi connectivity index (χ4v) is 2.75. The number of benzene rings is 3. The van der Waals surface area contributed by atoms with E-state index < -0.39 is 5.97 Å². The summed E-state index contributed by atoms with van der Waals surface area (Å²) in [6.45, 7) is 7.97. The Bertz CT molecular complexity index is 1140. The topological polar surface area (TPSA) is 74.2 Å². The van der Waals surface area contributed by atoms with Crippen molar-refractivity contribution in [1.82, 2.24) is 0 Å². The second-order valence-electron chi connectivity index (χ2n) is 8.91. The molecule has 3 aromatic rings. The van der Waals surface area contributed by atoms with Crippen LogP contribution in [-0.2, 0) is 4.74 Å². The first-order chi connectivity index (χ1) is 16.2. The van der Waals surface area contributed by atoms with Crippen molar-refractivity contribution in [2.75, 3.05) is 7.11 Å². The summed E-state index contributed by atoms with van der Waals surface area (Å²) in [6, 6.07) is 20.7. The first-order valence-electron chi connectivity index (χ1n) is 11.0. The van der Waals surface area contributed by atoms with E-state index in [-0.39, 0.29) is 17.5 Å². The number of hydrogen-bond acceptors (Lipinski definition) is 6. The van der Waals surface area contributed by atoms with Crippen molar-refractivity contribution in [2.45, 2.75) is 33.8 Å². The average molecular weight is 460 g/mol. The SMILES string of the molecule is COc1ccc(C(=O)Oc2ccc(C=Nc3ccc(C(=O)OC(C)C(C)(C)C)cc3)cc2)cc1. The minimum Gasteiger partial charge on any atom is -0.497 e. The highest BCUT2D eigenvalue weighted by Gasteiger charge is 2.24. The third-order valence-corrected chi connectivity index (χ3v) is 5.39. The van der Waals surface area contributed by atoms with Crippen LogP contribution in [0.4, 0.5) is 5.69 Å². The predicted molar refractivity (Wildman–Crippen MR) is 132 cm³/mol. The van der Waals surface area contributed by atoms with Gasteiger partial charge in [-0.1, -0.05) is 20.8 Å². The number of esters is 2. The van der Waals surface area contributed by atoms with Gasteiger partial charge in [0.1, 0.15) is 17.6 Å². The first kappa shape index (κ1) is 24.7. The Morgan fingerprint density at radius 1 is 0.794 bits per heavy atom. The molecule has 6 nitrogen and oxygen atoms in total. The molecule has 0 saturated heterocycles. The molecule has 176 valence electrons. The molecule has 0 heterocycles. The van der Waals surface area contributed by atoms with Crippen molar-refractivity contribution < 1.29 is 23.8 Å². The van der Waals surface area contributed by atoms with Gasteiger partial charge in [-0.2, -0.15) is 0 Å². The van der Waals surface area contributed by atoms with Crippen LogP contribution in [-0.4, -0.2) is 31.4 Å². The van der Waals surface area contributed by atoms with E-state index in [1.54, 1.807) is 86.1 Å². The van der Waals surface area contributed by atoms with Crippen LogP contribution in [0, 0.1) is 5.41 Å². The number of methoxy groups -OCH3 is 1. The van der Waals surface area contributed by atoms with Gasteiger partial charge in [0.25, 0.3) is 0 Å². The minimum absolute atomic E-state index is 0.122. The van der Waals surface area contributed by atoms with Crippen LogP contribution in [0.1, 0.15) is 54.0 Å². The van der Waals surface area contributed by atoms with Crippen LogP contribution >= 0.6 is 0 Å². The van der Waals surface area contributed by atoms with E-state index in [0.29, 0.717) is 28.3 Å². The number of aliphatic imine (C=N–C) groups is 1. The molecule has 0 N–H and O–H groups in total.